The second kappa shape index (κ2) is 7.20. The molecule has 25 heavy (non-hydrogen) atoms. The normalized spacial score (nSPS) is 25.8. The van der Waals surface area contributed by atoms with E-state index in [9.17, 15) is 4.79 Å². The van der Waals surface area contributed by atoms with Gasteiger partial charge in [-0.05, 0) is 42.9 Å². The average Bonchev–Trinajstić information content (AvgIpc) is 3.50. The van der Waals surface area contributed by atoms with Crippen LogP contribution in [0.2, 0.25) is 0 Å². The highest BCUT2D eigenvalue weighted by Gasteiger charge is 2.37. The number of rotatable bonds is 5. The van der Waals surface area contributed by atoms with E-state index in [0.29, 0.717) is 30.4 Å². The summed E-state index contributed by atoms with van der Waals surface area (Å²) in [6.07, 6.45) is 6.62. The third-order valence-electron chi connectivity index (χ3n) is 5.78. The second-order valence-corrected chi connectivity index (χ2v) is 7.63. The molecule has 1 amide bonds. The maximum atomic E-state index is 12.3. The van der Waals surface area contributed by atoms with Gasteiger partial charge in [0.2, 0.25) is 5.91 Å². The number of fused-ring (bicyclic) bond motifs is 1. The smallest absolute Gasteiger partial charge is 0.225 e. The van der Waals surface area contributed by atoms with E-state index in [1.165, 1.54) is 11.1 Å². The Morgan fingerprint density at radius 2 is 2.12 bits per heavy atom. The van der Waals surface area contributed by atoms with Crippen molar-refractivity contribution >= 4 is 12.0 Å². The van der Waals surface area contributed by atoms with Crippen LogP contribution in [0.25, 0.3) is 6.08 Å². The molecule has 1 aliphatic carbocycles. The van der Waals surface area contributed by atoms with Gasteiger partial charge in [-0.1, -0.05) is 31.5 Å². The maximum absolute atomic E-state index is 12.3. The van der Waals surface area contributed by atoms with Gasteiger partial charge in [0.1, 0.15) is 12.4 Å². The highest BCUT2D eigenvalue weighted by atomic mass is 16.5. The number of nitrogens with one attached hydrogen (secondary N) is 1. The zero-order valence-corrected chi connectivity index (χ0v) is 15.0. The molecule has 4 heteroatoms. The lowest BCUT2D eigenvalue weighted by Crippen LogP contribution is -2.51. The number of amides is 1. The quantitative estimate of drug-likeness (QED) is 0.895. The SMILES string of the molecule is CC[C@@H]1CN(C(=O)C2CC2)CC[C@@H]1NCC1=Cc2ccccc2OC1. The van der Waals surface area contributed by atoms with Crippen LogP contribution < -0.4 is 10.1 Å². The molecule has 0 bridgehead atoms. The van der Waals surface area contributed by atoms with Gasteiger partial charge >= 0.3 is 0 Å². The summed E-state index contributed by atoms with van der Waals surface area (Å²) in [5, 5.41) is 3.74. The Morgan fingerprint density at radius 1 is 1.28 bits per heavy atom. The van der Waals surface area contributed by atoms with Crippen molar-refractivity contribution in [2.75, 3.05) is 26.2 Å². The summed E-state index contributed by atoms with van der Waals surface area (Å²) in [5.74, 6) is 2.27. The Labute approximate surface area is 150 Å². The third kappa shape index (κ3) is 3.74. The van der Waals surface area contributed by atoms with Crippen LogP contribution in [0.3, 0.4) is 0 Å². The average molecular weight is 340 g/mol. The van der Waals surface area contributed by atoms with Crippen LogP contribution in [0.1, 0.15) is 38.2 Å². The molecule has 3 aliphatic rings. The second-order valence-electron chi connectivity index (χ2n) is 7.63. The number of ether oxygens (including phenoxy) is 1. The molecule has 4 nitrogen and oxygen atoms in total. The number of likely N-dealkylation sites (tertiary alicyclic amines) is 1. The van der Waals surface area contributed by atoms with E-state index in [-0.39, 0.29) is 0 Å². The first kappa shape index (κ1) is 16.6. The van der Waals surface area contributed by atoms with Crippen LogP contribution in [-0.4, -0.2) is 43.1 Å². The van der Waals surface area contributed by atoms with Gasteiger partial charge in [0.05, 0.1) is 0 Å². The molecule has 1 N–H and O–H groups in total. The van der Waals surface area contributed by atoms with Crippen LogP contribution in [0.15, 0.2) is 29.8 Å². The molecule has 2 heterocycles. The molecular formula is C21H28N2O2. The number of carbonyl (C=O) groups excluding carboxylic acids is 1. The lowest BCUT2D eigenvalue weighted by molar-refractivity contribution is -0.134. The molecule has 4 rings (SSSR count). The van der Waals surface area contributed by atoms with Crippen molar-refractivity contribution in [2.45, 2.75) is 38.6 Å². The molecule has 2 aliphatic heterocycles. The monoisotopic (exact) mass is 340 g/mol. The number of benzene rings is 1. The fourth-order valence-electron chi connectivity index (χ4n) is 4.03. The van der Waals surface area contributed by atoms with Crippen molar-refractivity contribution in [3.63, 3.8) is 0 Å². The van der Waals surface area contributed by atoms with Gasteiger partial charge in [0.25, 0.3) is 0 Å². The largest absolute Gasteiger partial charge is 0.489 e. The van der Waals surface area contributed by atoms with Crippen LogP contribution in [0.5, 0.6) is 5.75 Å². The molecule has 0 radical (unpaired) electrons. The molecule has 1 aromatic rings. The first-order valence-electron chi connectivity index (χ1n) is 9.68. The number of hydrogen-bond donors (Lipinski definition) is 1. The summed E-state index contributed by atoms with van der Waals surface area (Å²) in [7, 11) is 0. The van der Waals surface area contributed by atoms with E-state index in [0.717, 1.165) is 51.1 Å². The minimum absolute atomic E-state index is 0.339. The Balaban J connectivity index is 1.33. The number of carbonyl (C=O) groups is 1. The van der Waals surface area contributed by atoms with Gasteiger partial charge in [-0.3, -0.25) is 4.79 Å². The highest BCUT2D eigenvalue weighted by Crippen LogP contribution is 2.33. The molecule has 1 saturated heterocycles. The number of piperidine rings is 1. The van der Waals surface area contributed by atoms with Crippen LogP contribution in [0.4, 0.5) is 0 Å². The minimum atomic E-state index is 0.339. The van der Waals surface area contributed by atoms with Gasteiger partial charge in [-0.25, -0.2) is 0 Å². The van der Waals surface area contributed by atoms with E-state index in [4.69, 9.17) is 4.74 Å². The lowest BCUT2D eigenvalue weighted by atomic mass is 9.89. The highest BCUT2D eigenvalue weighted by molar-refractivity contribution is 5.81. The molecule has 0 spiro atoms. The van der Waals surface area contributed by atoms with Crippen molar-refractivity contribution in [1.82, 2.24) is 10.2 Å². The molecule has 1 saturated carbocycles. The van der Waals surface area contributed by atoms with Crippen molar-refractivity contribution in [3.05, 3.63) is 35.4 Å². The van der Waals surface area contributed by atoms with Crippen LogP contribution in [-0.2, 0) is 4.79 Å². The number of nitrogens with zero attached hydrogens (tertiary/aromatic N) is 1. The topological polar surface area (TPSA) is 41.6 Å². The van der Waals surface area contributed by atoms with Gasteiger partial charge in [-0.15, -0.1) is 0 Å². The van der Waals surface area contributed by atoms with E-state index < -0.39 is 0 Å². The van der Waals surface area contributed by atoms with E-state index in [2.05, 4.69) is 35.3 Å². The molecule has 1 aromatic carbocycles. The maximum Gasteiger partial charge on any atom is 0.225 e. The molecular weight excluding hydrogens is 312 g/mol. The molecule has 2 atom stereocenters. The summed E-state index contributed by atoms with van der Waals surface area (Å²) in [6, 6.07) is 8.68. The predicted octanol–water partition coefficient (Wildman–Crippen LogP) is 3.09. The van der Waals surface area contributed by atoms with E-state index >= 15 is 0 Å². The molecule has 0 unspecified atom stereocenters. The minimum Gasteiger partial charge on any atom is -0.489 e. The van der Waals surface area contributed by atoms with Crippen molar-refractivity contribution in [3.8, 4) is 5.75 Å². The fraction of sp³-hybridized carbons (Fsp3) is 0.571. The van der Waals surface area contributed by atoms with Gasteiger partial charge < -0.3 is 15.0 Å². The first-order chi connectivity index (χ1) is 12.2. The standard InChI is InChI=1S/C21H28N2O2/c1-2-16-13-23(21(24)17-7-8-17)10-9-19(16)22-12-15-11-18-5-3-4-6-20(18)25-14-15/h3-6,11,16-17,19,22H,2,7-10,12-14H2,1H3/t16-,19+/m1/s1. The Hall–Kier alpha value is -1.81. The van der Waals surface area contributed by atoms with Gasteiger partial charge in [0, 0.05) is 37.2 Å². The fourth-order valence-corrected chi connectivity index (χ4v) is 4.03. The molecule has 134 valence electrons. The zero-order chi connectivity index (χ0) is 17.2. The Bertz CT molecular complexity index is 666. The summed E-state index contributed by atoms with van der Waals surface area (Å²) >= 11 is 0. The summed E-state index contributed by atoms with van der Waals surface area (Å²) in [6.45, 7) is 5.60. The van der Waals surface area contributed by atoms with E-state index in [1.807, 2.05) is 12.1 Å². The molecule has 2 fully saturated rings. The number of hydrogen-bond acceptors (Lipinski definition) is 3. The van der Waals surface area contributed by atoms with Crippen molar-refractivity contribution < 1.29 is 9.53 Å². The van der Waals surface area contributed by atoms with Crippen LogP contribution >= 0.6 is 0 Å². The van der Waals surface area contributed by atoms with Gasteiger partial charge in [0.15, 0.2) is 0 Å². The van der Waals surface area contributed by atoms with Crippen LogP contribution in [0, 0.1) is 11.8 Å². The molecule has 0 aromatic heterocycles. The zero-order valence-electron chi connectivity index (χ0n) is 15.0. The van der Waals surface area contributed by atoms with Crippen molar-refractivity contribution in [1.29, 1.82) is 0 Å². The summed E-state index contributed by atoms with van der Waals surface area (Å²) < 4.78 is 5.85. The Morgan fingerprint density at radius 3 is 2.92 bits per heavy atom. The summed E-state index contributed by atoms with van der Waals surface area (Å²) in [5.41, 5.74) is 2.47. The van der Waals surface area contributed by atoms with Crippen molar-refractivity contribution in [2.24, 2.45) is 11.8 Å². The van der Waals surface area contributed by atoms with Gasteiger partial charge in [-0.2, -0.15) is 0 Å². The Kier molecular flexibility index (Phi) is 4.80. The van der Waals surface area contributed by atoms with E-state index in [1.54, 1.807) is 0 Å². The first-order valence-corrected chi connectivity index (χ1v) is 9.68. The lowest BCUT2D eigenvalue weighted by Gasteiger charge is -2.39. The third-order valence-corrected chi connectivity index (χ3v) is 5.78. The number of para-hydroxylation sites is 1. The summed E-state index contributed by atoms with van der Waals surface area (Å²) in [4.78, 5) is 14.4. The predicted molar refractivity (Wildman–Crippen MR) is 99.4 cm³/mol.